The molecule has 0 spiro atoms. The summed E-state index contributed by atoms with van der Waals surface area (Å²) < 4.78 is 43.6. The van der Waals surface area contributed by atoms with Gasteiger partial charge in [0.1, 0.15) is 17.2 Å². The summed E-state index contributed by atoms with van der Waals surface area (Å²) in [5.74, 6) is -0.171. The predicted octanol–water partition coefficient (Wildman–Crippen LogP) is 3.03. The number of carbonyl (C=O) groups is 2. The second-order valence-corrected chi connectivity index (χ2v) is 5.47. The molecule has 2 rings (SSSR count). The summed E-state index contributed by atoms with van der Waals surface area (Å²) in [7, 11) is 2.98. The van der Waals surface area contributed by atoms with E-state index in [1.807, 2.05) is 0 Å². The van der Waals surface area contributed by atoms with Crippen LogP contribution in [0.4, 0.5) is 14.5 Å². The number of ether oxygens (including phenoxy) is 4. The highest BCUT2D eigenvalue weighted by molar-refractivity contribution is 5.93. The summed E-state index contributed by atoms with van der Waals surface area (Å²) in [6, 6.07) is 10.3. The van der Waals surface area contributed by atoms with Crippen LogP contribution < -0.4 is 19.5 Å². The van der Waals surface area contributed by atoms with Crippen molar-refractivity contribution in [2.24, 2.45) is 0 Å². The monoisotopic (exact) mass is 395 g/mol. The van der Waals surface area contributed by atoms with Crippen LogP contribution in [0.15, 0.2) is 42.5 Å². The Hall–Kier alpha value is -3.36. The Kier molecular flexibility index (Phi) is 7.55. The summed E-state index contributed by atoms with van der Waals surface area (Å²) in [6.07, 6.45) is -0.0832. The highest BCUT2D eigenvalue weighted by atomic mass is 19.3. The van der Waals surface area contributed by atoms with E-state index in [0.717, 1.165) is 0 Å². The van der Waals surface area contributed by atoms with Gasteiger partial charge in [0.25, 0.3) is 5.91 Å². The molecule has 0 saturated carbocycles. The topological polar surface area (TPSA) is 83.1 Å². The van der Waals surface area contributed by atoms with Crippen LogP contribution in [0.1, 0.15) is 5.56 Å². The predicted molar refractivity (Wildman–Crippen MR) is 95.9 cm³/mol. The van der Waals surface area contributed by atoms with E-state index in [-0.39, 0.29) is 12.2 Å². The van der Waals surface area contributed by atoms with Gasteiger partial charge in [-0.2, -0.15) is 8.78 Å². The molecule has 0 radical (unpaired) electrons. The van der Waals surface area contributed by atoms with Crippen molar-refractivity contribution in [2.45, 2.75) is 13.0 Å². The van der Waals surface area contributed by atoms with Crippen LogP contribution in [-0.4, -0.2) is 39.3 Å². The molecule has 150 valence electrons. The second kappa shape index (κ2) is 10.1. The summed E-state index contributed by atoms with van der Waals surface area (Å²) in [5.41, 5.74) is 0.933. The first-order valence-electron chi connectivity index (χ1n) is 8.12. The molecule has 0 aliphatic heterocycles. The number of esters is 1. The Morgan fingerprint density at radius 1 is 1.00 bits per heavy atom. The summed E-state index contributed by atoms with van der Waals surface area (Å²) in [5, 5.41) is 2.48. The van der Waals surface area contributed by atoms with Crippen molar-refractivity contribution in [1.82, 2.24) is 0 Å². The molecule has 0 fully saturated rings. The van der Waals surface area contributed by atoms with Gasteiger partial charge in [-0.15, -0.1) is 0 Å². The molecule has 0 aliphatic carbocycles. The van der Waals surface area contributed by atoms with Crippen LogP contribution in [0.5, 0.6) is 17.2 Å². The third-order valence-corrected chi connectivity index (χ3v) is 3.56. The van der Waals surface area contributed by atoms with E-state index in [9.17, 15) is 18.4 Å². The number of methoxy groups -OCH3 is 2. The average Bonchev–Trinajstić information content (AvgIpc) is 2.68. The smallest absolute Gasteiger partial charge is 0.387 e. The lowest BCUT2D eigenvalue weighted by Crippen LogP contribution is -2.21. The minimum Gasteiger partial charge on any atom is -0.497 e. The maximum absolute atomic E-state index is 12.1. The Morgan fingerprint density at radius 2 is 1.68 bits per heavy atom. The molecule has 9 heteroatoms. The van der Waals surface area contributed by atoms with E-state index in [0.29, 0.717) is 22.7 Å². The molecule has 0 aromatic heterocycles. The van der Waals surface area contributed by atoms with E-state index in [1.54, 1.807) is 18.2 Å². The third-order valence-electron chi connectivity index (χ3n) is 3.56. The van der Waals surface area contributed by atoms with Crippen LogP contribution in [-0.2, 0) is 20.7 Å². The average molecular weight is 395 g/mol. The van der Waals surface area contributed by atoms with Gasteiger partial charge < -0.3 is 24.3 Å². The molecule has 7 nitrogen and oxygen atoms in total. The van der Waals surface area contributed by atoms with Crippen LogP contribution >= 0.6 is 0 Å². The first-order valence-corrected chi connectivity index (χ1v) is 8.12. The van der Waals surface area contributed by atoms with Crippen LogP contribution in [0.25, 0.3) is 0 Å². The van der Waals surface area contributed by atoms with Crippen molar-refractivity contribution >= 4 is 17.6 Å². The Morgan fingerprint density at radius 3 is 2.29 bits per heavy atom. The molecule has 0 heterocycles. The van der Waals surface area contributed by atoms with E-state index >= 15 is 0 Å². The van der Waals surface area contributed by atoms with E-state index in [1.165, 1.54) is 38.5 Å². The third kappa shape index (κ3) is 6.42. The van der Waals surface area contributed by atoms with Gasteiger partial charge in [0.05, 0.1) is 20.6 Å². The van der Waals surface area contributed by atoms with Crippen LogP contribution in [0.3, 0.4) is 0 Å². The zero-order chi connectivity index (χ0) is 20.5. The Bertz CT molecular complexity index is 811. The van der Waals surface area contributed by atoms with Gasteiger partial charge in [-0.05, 0) is 30.3 Å². The molecule has 0 bridgehead atoms. The largest absolute Gasteiger partial charge is 0.497 e. The number of nitrogens with one attached hydrogen (secondary N) is 1. The van der Waals surface area contributed by atoms with Crippen molar-refractivity contribution in [2.75, 3.05) is 26.1 Å². The number of benzene rings is 2. The number of alkyl halides is 2. The molecule has 0 atom stereocenters. The maximum Gasteiger partial charge on any atom is 0.387 e. The number of carbonyl (C=O) groups excluding carboxylic acids is 2. The van der Waals surface area contributed by atoms with Crippen molar-refractivity contribution in [3.8, 4) is 17.2 Å². The molecule has 2 aromatic rings. The minimum absolute atomic E-state index is 0.0344. The fourth-order valence-corrected chi connectivity index (χ4v) is 2.27. The molecule has 1 amide bonds. The lowest BCUT2D eigenvalue weighted by atomic mass is 10.1. The van der Waals surface area contributed by atoms with Crippen LogP contribution in [0, 0.1) is 0 Å². The molecule has 28 heavy (non-hydrogen) atoms. The standard InChI is InChI=1S/C19H19F2NO6/c1-25-15-6-3-12(16(10-15)26-2)9-18(24)27-11-17(23)22-13-4-7-14(8-5-13)28-19(20)21/h3-8,10,19H,9,11H2,1-2H3,(H,22,23). The molecule has 0 unspecified atom stereocenters. The Labute approximate surface area is 160 Å². The summed E-state index contributed by atoms with van der Waals surface area (Å²) in [4.78, 5) is 23.8. The second-order valence-electron chi connectivity index (χ2n) is 5.47. The SMILES string of the molecule is COc1ccc(CC(=O)OCC(=O)Nc2ccc(OC(F)F)cc2)c(OC)c1. The van der Waals surface area contributed by atoms with Gasteiger partial charge in [-0.25, -0.2) is 0 Å². The van der Waals surface area contributed by atoms with Crippen molar-refractivity contribution in [3.63, 3.8) is 0 Å². The summed E-state index contributed by atoms with van der Waals surface area (Å²) in [6.45, 7) is -3.42. The molecular formula is C19H19F2NO6. The fraction of sp³-hybridized carbons (Fsp3) is 0.263. The number of amides is 1. The highest BCUT2D eigenvalue weighted by Gasteiger charge is 2.13. The zero-order valence-electron chi connectivity index (χ0n) is 15.2. The number of rotatable bonds is 9. The van der Waals surface area contributed by atoms with Gasteiger partial charge in [-0.1, -0.05) is 6.07 Å². The van der Waals surface area contributed by atoms with Gasteiger partial charge in [0, 0.05) is 17.3 Å². The quantitative estimate of drug-likeness (QED) is 0.657. The zero-order valence-corrected chi connectivity index (χ0v) is 15.2. The first kappa shape index (κ1) is 20.9. The molecule has 2 aromatic carbocycles. The first-order chi connectivity index (χ1) is 13.4. The molecular weight excluding hydrogens is 376 g/mol. The van der Waals surface area contributed by atoms with Gasteiger partial charge in [0.2, 0.25) is 0 Å². The van der Waals surface area contributed by atoms with Crippen molar-refractivity contribution < 1.29 is 37.3 Å². The number of anilines is 1. The van der Waals surface area contributed by atoms with Crippen molar-refractivity contribution in [1.29, 1.82) is 0 Å². The number of halogens is 2. The fourth-order valence-electron chi connectivity index (χ4n) is 2.27. The van der Waals surface area contributed by atoms with Gasteiger partial charge >= 0.3 is 12.6 Å². The van der Waals surface area contributed by atoms with Crippen molar-refractivity contribution in [3.05, 3.63) is 48.0 Å². The normalized spacial score (nSPS) is 10.3. The highest BCUT2D eigenvalue weighted by Crippen LogP contribution is 2.25. The van der Waals surface area contributed by atoms with Gasteiger partial charge in [-0.3, -0.25) is 9.59 Å². The minimum atomic E-state index is -2.93. The lowest BCUT2D eigenvalue weighted by molar-refractivity contribution is -0.146. The molecule has 1 N–H and O–H groups in total. The van der Waals surface area contributed by atoms with E-state index < -0.39 is 25.1 Å². The Balaban J connectivity index is 1.83. The lowest BCUT2D eigenvalue weighted by Gasteiger charge is -2.11. The molecule has 0 aliphatic rings. The van der Waals surface area contributed by atoms with Crippen LogP contribution in [0.2, 0.25) is 0 Å². The van der Waals surface area contributed by atoms with Gasteiger partial charge in [0.15, 0.2) is 6.61 Å². The summed E-state index contributed by atoms with van der Waals surface area (Å²) >= 11 is 0. The van der Waals surface area contributed by atoms with E-state index in [4.69, 9.17) is 14.2 Å². The number of hydrogen-bond donors (Lipinski definition) is 1. The number of hydrogen-bond acceptors (Lipinski definition) is 6. The maximum atomic E-state index is 12.1. The molecule has 0 saturated heterocycles. The van der Waals surface area contributed by atoms with E-state index in [2.05, 4.69) is 10.1 Å².